The molecule has 1 fully saturated rings. The van der Waals surface area contributed by atoms with E-state index >= 15 is 0 Å². The lowest BCUT2D eigenvalue weighted by Crippen LogP contribution is -2.27. The van der Waals surface area contributed by atoms with Gasteiger partial charge in [-0.05, 0) is 85.6 Å². The molecule has 2 heterocycles. The van der Waals surface area contributed by atoms with Crippen LogP contribution in [0.4, 0.5) is 0 Å². The lowest BCUT2D eigenvalue weighted by Gasteiger charge is -2.36. The maximum absolute atomic E-state index is 5.67. The van der Waals surface area contributed by atoms with E-state index in [0.717, 1.165) is 51.8 Å². The Morgan fingerprint density at radius 3 is 1.89 bits per heavy atom. The number of hydrogen-bond acceptors (Lipinski definition) is 6. The molecular weight excluding hydrogens is 757 g/mol. The van der Waals surface area contributed by atoms with Gasteiger partial charge >= 0.3 is 0 Å². The van der Waals surface area contributed by atoms with Crippen molar-refractivity contribution in [2.24, 2.45) is 0 Å². The first-order chi connectivity index (χ1) is 30.3. The highest BCUT2D eigenvalue weighted by Gasteiger charge is 2.44. The molecule has 0 N–H and O–H groups in total. The van der Waals surface area contributed by atoms with Crippen molar-refractivity contribution in [3.05, 3.63) is 198 Å². The van der Waals surface area contributed by atoms with Gasteiger partial charge in [0.15, 0.2) is 34.9 Å². The van der Waals surface area contributed by atoms with E-state index in [0.29, 0.717) is 40.5 Å². The molecule has 2 aliphatic rings. The molecular formula is C56H50N6. The largest absolute Gasteiger partial charge is 0.209 e. The van der Waals surface area contributed by atoms with E-state index in [1.165, 1.54) is 41.5 Å². The first-order valence-corrected chi connectivity index (χ1v) is 21.4. The fourth-order valence-electron chi connectivity index (χ4n) is 8.69. The third kappa shape index (κ3) is 8.35. The second-order valence-electron chi connectivity index (χ2n) is 15.8. The van der Waals surface area contributed by atoms with Crippen LogP contribution in [0.1, 0.15) is 88.4 Å². The first-order valence-electron chi connectivity index (χ1n) is 21.4. The highest BCUT2D eigenvalue weighted by molar-refractivity contribution is 5.91. The van der Waals surface area contributed by atoms with Crippen molar-refractivity contribution in [2.75, 3.05) is 0 Å². The van der Waals surface area contributed by atoms with Gasteiger partial charge in [0.05, 0.1) is 0 Å². The van der Waals surface area contributed by atoms with E-state index in [1.807, 2.05) is 125 Å². The van der Waals surface area contributed by atoms with Gasteiger partial charge in [-0.1, -0.05) is 177 Å². The minimum absolute atomic E-state index is 0.00142. The van der Waals surface area contributed by atoms with E-state index < -0.39 is 0 Å². The Morgan fingerprint density at radius 1 is 0.613 bits per heavy atom. The molecule has 62 heavy (non-hydrogen) atoms. The second-order valence-corrected chi connectivity index (χ2v) is 15.8. The third-order valence-corrected chi connectivity index (χ3v) is 11.9. The Morgan fingerprint density at radius 2 is 1.23 bits per heavy atom. The summed E-state index contributed by atoms with van der Waals surface area (Å²) in [6.07, 6.45) is 27.4. The van der Waals surface area contributed by atoms with Crippen molar-refractivity contribution >= 4 is 16.7 Å². The van der Waals surface area contributed by atoms with E-state index in [4.69, 9.17) is 36.3 Å². The van der Waals surface area contributed by atoms with Crippen LogP contribution in [-0.4, -0.2) is 29.9 Å². The molecule has 2 aromatic heterocycles. The van der Waals surface area contributed by atoms with E-state index in [9.17, 15) is 0 Å². The van der Waals surface area contributed by atoms with Gasteiger partial charge in [0.2, 0.25) is 0 Å². The van der Waals surface area contributed by atoms with Crippen molar-refractivity contribution in [1.82, 2.24) is 29.9 Å². The van der Waals surface area contributed by atoms with Crippen LogP contribution in [0, 0.1) is 12.3 Å². The van der Waals surface area contributed by atoms with Crippen LogP contribution in [0.2, 0.25) is 0 Å². The summed E-state index contributed by atoms with van der Waals surface area (Å²) in [5, 5.41) is 0. The van der Waals surface area contributed by atoms with Crippen LogP contribution in [0.15, 0.2) is 169 Å². The van der Waals surface area contributed by atoms with Crippen molar-refractivity contribution < 1.29 is 0 Å². The minimum Gasteiger partial charge on any atom is -0.209 e. The quantitative estimate of drug-likeness (QED) is 0.0958. The Labute approximate surface area is 366 Å². The zero-order valence-corrected chi connectivity index (χ0v) is 35.9. The molecule has 0 unspecified atom stereocenters. The van der Waals surface area contributed by atoms with Crippen molar-refractivity contribution in [2.45, 2.75) is 65.2 Å². The van der Waals surface area contributed by atoms with Gasteiger partial charge in [-0.15, -0.1) is 6.42 Å². The first kappa shape index (κ1) is 41.4. The number of fused-ring (bicyclic) bond motifs is 5. The molecule has 6 heteroatoms. The number of rotatable bonds is 11. The van der Waals surface area contributed by atoms with Crippen LogP contribution < -0.4 is 0 Å². The molecule has 304 valence electrons. The molecule has 0 saturated heterocycles. The zero-order chi connectivity index (χ0) is 43.1. The molecule has 1 spiro atoms. The fourth-order valence-corrected chi connectivity index (χ4v) is 8.69. The van der Waals surface area contributed by atoms with Gasteiger partial charge in [0.25, 0.3) is 0 Å². The maximum atomic E-state index is 5.67. The van der Waals surface area contributed by atoms with E-state index in [1.54, 1.807) is 6.08 Å². The molecule has 0 bridgehead atoms. The van der Waals surface area contributed by atoms with Gasteiger partial charge in [-0.3, -0.25) is 0 Å². The van der Waals surface area contributed by atoms with Crippen LogP contribution in [-0.2, 0) is 5.41 Å². The summed E-state index contributed by atoms with van der Waals surface area (Å²) < 4.78 is 0. The van der Waals surface area contributed by atoms with Crippen LogP contribution in [0.3, 0.4) is 0 Å². The molecule has 0 amide bonds. The van der Waals surface area contributed by atoms with Crippen LogP contribution in [0.25, 0.3) is 62.0 Å². The maximum Gasteiger partial charge on any atom is 0.164 e. The molecule has 0 aliphatic heterocycles. The Kier molecular flexibility index (Phi) is 12.3. The molecule has 6 nitrogen and oxygen atoms in total. The van der Waals surface area contributed by atoms with Gasteiger partial charge < -0.3 is 0 Å². The Hall–Kier alpha value is -7.36. The highest BCUT2D eigenvalue weighted by Crippen LogP contribution is 2.57. The number of hydrogen-bond donors (Lipinski definition) is 0. The Balaban J connectivity index is 1.23. The summed E-state index contributed by atoms with van der Waals surface area (Å²) in [6, 6.07) is 35.5. The summed E-state index contributed by atoms with van der Waals surface area (Å²) in [5.74, 6) is 6.06. The zero-order valence-electron chi connectivity index (χ0n) is 35.9. The average molecular weight is 807 g/mol. The Bertz CT molecular complexity index is 2820. The van der Waals surface area contributed by atoms with Crippen LogP contribution in [0.5, 0.6) is 0 Å². The van der Waals surface area contributed by atoms with Gasteiger partial charge in [0, 0.05) is 33.3 Å². The molecule has 8 rings (SSSR count). The fraction of sp³-hybridized carbons (Fsp3) is 0.179. The van der Waals surface area contributed by atoms with E-state index in [2.05, 4.69) is 61.0 Å². The normalized spacial score (nSPS) is 15.2. The summed E-state index contributed by atoms with van der Waals surface area (Å²) in [6.45, 7) is 12.6. The monoisotopic (exact) mass is 806 g/mol. The summed E-state index contributed by atoms with van der Waals surface area (Å²) >= 11 is 0. The number of aromatic nitrogens is 6. The van der Waals surface area contributed by atoms with Crippen molar-refractivity contribution in [1.29, 1.82) is 0 Å². The molecule has 1 saturated carbocycles. The molecule has 0 radical (unpaired) electrons. The summed E-state index contributed by atoms with van der Waals surface area (Å²) in [4.78, 5) is 30.3. The lowest BCUT2D eigenvalue weighted by molar-refractivity contribution is 0.353. The summed E-state index contributed by atoms with van der Waals surface area (Å²) in [5.41, 5.74) is 12.4. The highest BCUT2D eigenvalue weighted by atomic mass is 15.0. The second kappa shape index (κ2) is 18.5. The minimum atomic E-state index is -0.00142. The summed E-state index contributed by atoms with van der Waals surface area (Å²) in [7, 11) is 0. The van der Waals surface area contributed by atoms with Crippen molar-refractivity contribution in [3.63, 3.8) is 0 Å². The lowest BCUT2D eigenvalue weighted by atomic mass is 9.68. The van der Waals surface area contributed by atoms with E-state index in [-0.39, 0.29) is 5.41 Å². The van der Waals surface area contributed by atoms with Gasteiger partial charge in [-0.25, -0.2) is 29.9 Å². The SMILES string of the molecule is C#C/C=C(\C=C/C)C(/C)=C/C=C(\C)c1nc(C(=C)/C=C\C(=C/C)c2nc(-c3ccccc3)nc(-c3ccccc3)n2)nc(-c2cccc3c2-c2ccccc2C32CCCCC2)n1. The molecule has 0 atom stereocenters. The predicted molar refractivity (Wildman–Crippen MR) is 256 cm³/mol. The standard InChI is InChI=1S/C56H50N6/c1-7-22-42(23-8-2)38(4)32-33-39(5)50-57-51(59-55(58-50)46-29-21-31-48-49(46)45-28-17-18-30-47(45)56(48)36-19-12-20-37-56)40(6)34-35-41(9-3)52-60-53(43-24-13-10-14-25-43)62-54(61-52)44-26-15-11-16-27-44/h1,8-11,13-18,21-35H,6,12,19-20,36-37H2,2-5H3/b23-8-,35-34-,38-32+,39-33+,41-9+,42-22+. The topological polar surface area (TPSA) is 77.3 Å². The number of nitrogens with zero attached hydrogens (tertiary/aromatic N) is 6. The smallest absolute Gasteiger partial charge is 0.164 e. The number of allylic oxidation sites excluding steroid dienone is 13. The van der Waals surface area contributed by atoms with Crippen molar-refractivity contribution in [3.8, 4) is 57.6 Å². The molecule has 6 aromatic rings. The molecule has 4 aromatic carbocycles. The van der Waals surface area contributed by atoms with Gasteiger partial charge in [0.1, 0.15) is 0 Å². The number of terminal acetylenes is 1. The molecule has 2 aliphatic carbocycles. The van der Waals surface area contributed by atoms with Gasteiger partial charge in [-0.2, -0.15) is 0 Å². The third-order valence-electron chi connectivity index (χ3n) is 11.9. The number of benzene rings is 4. The van der Waals surface area contributed by atoms with Crippen LogP contribution >= 0.6 is 0 Å². The average Bonchev–Trinajstić information content (AvgIpc) is 3.59. The predicted octanol–water partition coefficient (Wildman–Crippen LogP) is 13.4.